The van der Waals surface area contributed by atoms with Crippen molar-refractivity contribution in [3.05, 3.63) is 52.9 Å². The van der Waals surface area contributed by atoms with Crippen LogP contribution in [0.25, 0.3) is 0 Å². The topological polar surface area (TPSA) is 50.5 Å². The van der Waals surface area contributed by atoms with Gasteiger partial charge in [-0.15, -0.1) is 0 Å². The number of halogens is 2. The van der Waals surface area contributed by atoms with Crippen molar-refractivity contribution in [3.8, 4) is 0 Å². The molecule has 0 aliphatic carbocycles. The number of fused-ring (bicyclic) bond motifs is 1. The van der Waals surface area contributed by atoms with Crippen LogP contribution in [-0.2, 0) is 17.8 Å². The van der Waals surface area contributed by atoms with E-state index in [0.29, 0.717) is 31.4 Å². The van der Waals surface area contributed by atoms with E-state index in [0.717, 1.165) is 17.3 Å². The zero-order chi connectivity index (χ0) is 17.6. The quantitative estimate of drug-likeness (QED) is 0.841. The largest absolute Gasteiger partial charge is 0.273 e. The molecular weight excluding hydrogens is 326 g/mol. The molecule has 0 N–H and O–H groups in total. The van der Waals surface area contributed by atoms with Crippen LogP contribution in [0.5, 0.6) is 0 Å². The number of nitrogens with zero attached hydrogens (tertiary/aromatic N) is 4. The number of hydrogen-bond acceptors (Lipinski definition) is 3. The summed E-state index contributed by atoms with van der Waals surface area (Å²) >= 11 is 0. The molecule has 0 saturated heterocycles. The molecule has 2 aliphatic rings. The predicted molar refractivity (Wildman–Crippen MR) is 87.8 cm³/mol. The van der Waals surface area contributed by atoms with Gasteiger partial charge in [0.25, 0.3) is 0 Å². The van der Waals surface area contributed by atoms with Crippen LogP contribution in [0.2, 0.25) is 0 Å². The summed E-state index contributed by atoms with van der Waals surface area (Å²) in [7, 11) is 0. The van der Waals surface area contributed by atoms with E-state index in [1.807, 2.05) is 17.8 Å². The van der Waals surface area contributed by atoms with Gasteiger partial charge in [0.2, 0.25) is 5.91 Å². The molecule has 3 heterocycles. The van der Waals surface area contributed by atoms with Crippen molar-refractivity contribution in [1.29, 1.82) is 0 Å². The number of amides is 1. The lowest BCUT2D eigenvalue weighted by atomic mass is 9.92. The molecule has 1 aromatic heterocycles. The fourth-order valence-electron chi connectivity index (χ4n) is 3.65. The summed E-state index contributed by atoms with van der Waals surface area (Å²) in [6, 6.07) is 2.91. The second kappa shape index (κ2) is 6.06. The highest BCUT2D eigenvalue weighted by atomic mass is 19.1. The molecule has 0 radical (unpaired) electrons. The lowest BCUT2D eigenvalue weighted by Gasteiger charge is -2.29. The average molecular weight is 344 g/mol. The van der Waals surface area contributed by atoms with Crippen LogP contribution in [0.1, 0.15) is 35.7 Å². The molecule has 4 rings (SSSR count). The molecule has 1 aromatic carbocycles. The first kappa shape index (κ1) is 15.9. The van der Waals surface area contributed by atoms with Gasteiger partial charge in [-0.25, -0.2) is 13.8 Å². The fourth-order valence-corrected chi connectivity index (χ4v) is 3.65. The molecule has 2 aromatic rings. The smallest absolute Gasteiger partial charge is 0.246 e. The summed E-state index contributed by atoms with van der Waals surface area (Å²) in [4.78, 5) is 13.0. The second-order valence-electron chi connectivity index (χ2n) is 6.62. The summed E-state index contributed by atoms with van der Waals surface area (Å²) in [5.41, 5.74) is 2.58. The predicted octanol–water partition coefficient (Wildman–Crippen LogP) is 2.99. The fraction of sp³-hybridized carbons (Fsp3) is 0.389. The van der Waals surface area contributed by atoms with Crippen LogP contribution in [0, 0.1) is 24.5 Å². The lowest BCUT2D eigenvalue weighted by molar-refractivity contribution is -0.138. The zero-order valence-corrected chi connectivity index (χ0v) is 13.8. The summed E-state index contributed by atoms with van der Waals surface area (Å²) in [5, 5.41) is 9.88. The Bertz CT molecular complexity index is 841. The number of carbonyl (C=O) groups excluding carboxylic acids is 1. The zero-order valence-electron chi connectivity index (χ0n) is 13.8. The maximum Gasteiger partial charge on any atom is 0.246 e. The van der Waals surface area contributed by atoms with E-state index in [-0.39, 0.29) is 11.8 Å². The summed E-state index contributed by atoms with van der Waals surface area (Å²) in [6.07, 6.45) is 5.20. The first-order chi connectivity index (χ1) is 12.0. The Morgan fingerprint density at radius 2 is 2.00 bits per heavy atom. The molecule has 0 bridgehead atoms. The van der Waals surface area contributed by atoms with Crippen molar-refractivity contribution in [1.82, 2.24) is 14.8 Å². The molecule has 0 saturated carbocycles. The first-order valence-corrected chi connectivity index (χ1v) is 8.35. The minimum Gasteiger partial charge on any atom is -0.273 e. The van der Waals surface area contributed by atoms with Crippen molar-refractivity contribution >= 4 is 12.1 Å². The number of hydrazone groups is 1. The third kappa shape index (κ3) is 2.83. The van der Waals surface area contributed by atoms with Crippen molar-refractivity contribution in [2.24, 2.45) is 11.0 Å². The van der Waals surface area contributed by atoms with Crippen LogP contribution >= 0.6 is 0 Å². The van der Waals surface area contributed by atoms with Gasteiger partial charge in [0, 0.05) is 43.3 Å². The minimum absolute atomic E-state index is 0.102. The van der Waals surface area contributed by atoms with Crippen LogP contribution in [-0.4, -0.2) is 26.9 Å². The van der Waals surface area contributed by atoms with E-state index in [4.69, 9.17) is 0 Å². The SMILES string of the molecule is Cc1cnn2c1C[C@@H](C(=O)N1N=CC[C@H]1c1cc(F)cc(F)c1)CC2. The van der Waals surface area contributed by atoms with Crippen molar-refractivity contribution in [3.63, 3.8) is 0 Å². The minimum atomic E-state index is -0.647. The van der Waals surface area contributed by atoms with Crippen molar-refractivity contribution in [2.45, 2.75) is 38.8 Å². The summed E-state index contributed by atoms with van der Waals surface area (Å²) in [5.74, 6) is -1.59. The van der Waals surface area contributed by atoms with E-state index in [1.165, 1.54) is 17.1 Å². The molecular formula is C18H18F2N4O. The second-order valence-corrected chi connectivity index (χ2v) is 6.62. The molecule has 130 valence electrons. The van der Waals surface area contributed by atoms with Crippen LogP contribution in [0.3, 0.4) is 0 Å². The third-order valence-corrected chi connectivity index (χ3v) is 4.96. The Hall–Kier alpha value is -2.57. The van der Waals surface area contributed by atoms with Crippen molar-refractivity contribution < 1.29 is 13.6 Å². The highest BCUT2D eigenvalue weighted by Gasteiger charge is 2.35. The summed E-state index contributed by atoms with van der Waals surface area (Å²) in [6.45, 7) is 2.68. The number of benzene rings is 1. The van der Waals surface area contributed by atoms with Crippen LogP contribution in [0.15, 0.2) is 29.5 Å². The van der Waals surface area contributed by atoms with Crippen molar-refractivity contribution in [2.75, 3.05) is 0 Å². The number of carbonyl (C=O) groups is 1. The Morgan fingerprint density at radius 1 is 1.24 bits per heavy atom. The van der Waals surface area contributed by atoms with E-state index < -0.39 is 17.7 Å². The molecule has 7 heteroatoms. The first-order valence-electron chi connectivity index (χ1n) is 8.35. The van der Waals surface area contributed by atoms with E-state index in [9.17, 15) is 13.6 Å². The van der Waals surface area contributed by atoms with Crippen LogP contribution in [0.4, 0.5) is 8.78 Å². The van der Waals surface area contributed by atoms with E-state index >= 15 is 0 Å². The molecule has 0 fully saturated rings. The highest BCUT2D eigenvalue weighted by Crippen LogP contribution is 2.33. The monoisotopic (exact) mass is 344 g/mol. The normalized spacial score (nSPS) is 22.3. The Balaban J connectivity index is 1.57. The Kier molecular flexibility index (Phi) is 3.86. The van der Waals surface area contributed by atoms with Gasteiger partial charge >= 0.3 is 0 Å². The molecule has 2 atom stereocenters. The van der Waals surface area contributed by atoms with Gasteiger partial charge in [0.05, 0.1) is 12.2 Å². The maximum atomic E-state index is 13.5. The van der Waals surface area contributed by atoms with Gasteiger partial charge in [-0.2, -0.15) is 10.2 Å². The third-order valence-electron chi connectivity index (χ3n) is 4.96. The van der Waals surface area contributed by atoms with Gasteiger partial charge in [-0.05, 0) is 36.6 Å². The molecule has 0 unspecified atom stereocenters. The molecule has 1 amide bonds. The number of hydrogen-bond donors (Lipinski definition) is 0. The number of aromatic nitrogens is 2. The van der Waals surface area contributed by atoms with E-state index in [1.54, 1.807) is 6.21 Å². The number of aryl methyl sites for hydroxylation is 2. The lowest BCUT2D eigenvalue weighted by Crippen LogP contribution is -2.37. The summed E-state index contributed by atoms with van der Waals surface area (Å²) < 4.78 is 29.0. The number of rotatable bonds is 2. The van der Waals surface area contributed by atoms with Gasteiger partial charge < -0.3 is 0 Å². The van der Waals surface area contributed by atoms with Gasteiger partial charge in [0.1, 0.15) is 11.6 Å². The van der Waals surface area contributed by atoms with Gasteiger partial charge in [-0.1, -0.05) is 0 Å². The van der Waals surface area contributed by atoms with Gasteiger partial charge in [0.15, 0.2) is 0 Å². The van der Waals surface area contributed by atoms with Gasteiger partial charge in [-0.3, -0.25) is 9.48 Å². The molecule has 25 heavy (non-hydrogen) atoms. The highest BCUT2D eigenvalue weighted by molar-refractivity contribution is 5.82. The molecule has 5 nitrogen and oxygen atoms in total. The maximum absolute atomic E-state index is 13.5. The Labute approximate surface area is 143 Å². The van der Waals surface area contributed by atoms with Crippen LogP contribution < -0.4 is 0 Å². The molecule has 2 aliphatic heterocycles. The Morgan fingerprint density at radius 3 is 2.76 bits per heavy atom. The standard InChI is InChI=1S/C18H18F2N4O/c1-11-10-22-23-5-3-12(8-17(11)23)18(25)24-16(2-4-21-24)13-6-14(19)9-15(20)7-13/h4,6-7,9-10,12,16H,2-3,5,8H2,1H3/t12-,16-/m0/s1. The average Bonchev–Trinajstić information content (AvgIpc) is 3.20. The van der Waals surface area contributed by atoms with E-state index in [2.05, 4.69) is 10.2 Å². The molecule has 0 spiro atoms.